The van der Waals surface area contributed by atoms with Crippen molar-refractivity contribution in [2.24, 2.45) is 17.6 Å². The largest absolute Gasteiger partial charge is 0.481 e. The monoisotopic (exact) mass is 215 g/mol. The van der Waals surface area contributed by atoms with Crippen molar-refractivity contribution in [2.75, 3.05) is 6.54 Å². The number of unbranched alkanes of at least 4 members (excludes halogenated alkanes) is 1. The lowest BCUT2D eigenvalue weighted by Crippen LogP contribution is -2.22. The van der Waals surface area contributed by atoms with Gasteiger partial charge in [-0.25, -0.2) is 0 Å². The first-order valence-corrected chi connectivity index (χ1v) is 5.50. The van der Waals surface area contributed by atoms with E-state index in [1.807, 2.05) is 6.92 Å². The van der Waals surface area contributed by atoms with Crippen molar-refractivity contribution in [1.82, 2.24) is 0 Å². The van der Waals surface area contributed by atoms with Gasteiger partial charge in [-0.05, 0) is 31.7 Å². The molecule has 0 aromatic carbocycles. The van der Waals surface area contributed by atoms with Crippen LogP contribution >= 0.6 is 0 Å². The second-order valence-electron chi connectivity index (χ2n) is 3.95. The molecule has 0 radical (unpaired) electrons. The predicted molar refractivity (Wildman–Crippen MR) is 58.5 cm³/mol. The van der Waals surface area contributed by atoms with Crippen molar-refractivity contribution < 1.29 is 14.7 Å². The molecule has 4 heteroatoms. The average Bonchev–Trinajstić information content (AvgIpc) is 2.20. The van der Waals surface area contributed by atoms with Gasteiger partial charge in [-0.15, -0.1) is 0 Å². The fraction of sp³-hybridized carbons (Fsp3) is 0.818. The van der Waals surface area contributed by atoms with Crippen LogP contribution in [0.5, 0.6) is 0 Å². The molecule has 0 aliphatic carbocycles. The normalized spacial score (nSPS) is 14.5. The molecule has 0 heterocycles. The Bertz CT molecular complexity index is 194. The summed E-state index contributed by atoms with van der Waals surface area (Å²) in [7, 11) is 0. The number of rotatable bonds is 9. The maximum Gasteiger partial charge on any atom is 0.306 e. The minimum atomic E-state index is -0.759. The van der Waals surface area contributed by atoms with Crippen LogP contribution in [0.2, 0.25) is 0 Å². The molecule has 3 N–H and O–H groups in total. The first-order chi connectivity index (χ1) is 7.13. The van der Waals surface area contributed by atoms with E-state index >= 15 is 0 Å². The van der Waals surface area contributed by atoms with Crippen LogP contribution in [0.15, 0.2) is 0 Å². The fourth-order valence-corrected chi connectivity index (χ4v) is 1.69. The van der Waals surface area contributed by atoms with Gasteiger partial charge in [0.25, 0.3) is 0 Å². The zero-order chi connectivity index (χ0) is 11.7. The van der Waals surface area contributed by atoms with E-state index in [4.69, 9.17) is 10.8 Å². The topological polar surface area (TPSA) is 80.4 Å². The molecule has 0 saturated heterocycles. The van der Waals surface area contributed by atoms with E-state index in [-0.39, 0.29) is 11.8 Å². The van der Waals surface area contributed by atoms with Gasteiger partial charge in [0, 0.05) is 6.42 Å². The summed E-state index contributed by atoms with van der Waals surface area (Å²) < 4.78 is 0. The predicted octanol–water partition coefficient (Wildman–Crippen LogP) is 1.43. The van der Waals surface area contributed by atoms with E-state index < -0.39 is 5.97 Å². The Morgan fingerprint density at radius 1 is 1.40 bits per heavy atom. The highest BCUT2D eigenvalue weighted by Crippen LogP contribution is 2.22. The van der Waals surface area contributed by atoms with E-state index in [9.17, 15) is 9.59 Å². The highest BCUT2D eigenvalue weighted by Gasteiger charge is 2.23. The Labute approximate surface area is 90.8 Å². The number of carbonyl (C=O) groups excluding carboxylic acids is 1. The number of carbonyl (C=O) groups is 2. The number of carboxylic acids is 1. The van der Waals surface area contributed by atoms with Crippen molar-refractivity contribution in [1.29, 1.82) is 0 Å². The molecular formula is C11H21NO3. The van der Waals surface area contributed by atoms with Gasteiger partial charge >= 0.3 is 5.97 Å². The third kappa shape index (κ3) is 6.23. The van der Waals surface area contributed by atoms with E-state index in [2.05, 4.69) is 0 Å². The molecule has 15 heavy (non-hydrogen) atoms. The molecular weight excluding hydrogens is 194 g/mol. The van der Waals surface area contributed by atoms with Crippen LogP contribution in [-0.4, -0.2) is 23.9 Å². The van der Waals surface area contributed by atoms with Gasteiger partial charge in [-0.2, -0.15) is 0 Å². The van der Waals surface area contributed by atoms with Gasteiger partial charge in [-0.1, -0.05) is 13.3 Å². The Kier molecular flexibility index (Phi) is 7.91. The summed E-state index contributed by atoms with van der Waals surface area (Å²) in [5.74, 6) is -1.03. The fourth-order valence-electron chi connectivity index (χ4n) is 1.69. The van der Waals surface area contributed by atoms with Crippen LogP contribution in [0, 0.1) is 11.8 Å². The number of hydrogen-bond donors (Lipinski definition) is 2. The van der Waals surface area contributed by atoms with Crippen LogP contribution in [0.4, 0.5) is 0 Å². The summed E-state index contributed by atoms with van der Waals surface area (Å²) in [5, 5.41) is 9.02. The molecule has 0 aliphatic heterocycles. The quantitative estimate of drug-likeness (QED) is 0.450. The summed E-state index contributed by atoms with van der Waals surface area (Å²) in [5.41, 5.74) is 5.35. The smallest absolute Gasteiger partial charge is 0.306 e. The van der Waals surface area contributed by atoms with E-state index in [1.165, 1.54) is 0 Å². The minimum absolute atomic E-state index is 0.0606. The third-order valence-corrected chi connectivity index (χ3v) is 2.71. The molecule has 0 aliphatic rings. The van der Waals surface area contributed by atoms with Crippen molar-refractivity contribution in [3.05, 3.63) is 0 Å². The van der Waals surface area contributed by atoms with Crippen molar-refractivity contribution in [3.63, 3.8) is 0 Å². The van der Waals surface area contributed by atoms with Gasteiger partial charge in [-0.3, -0.25) is 4.79 Å². The number of aldehydes is 1. The highest BCUT2D eigenvalue weighted by atomic mass is 16.4. The van der Waals surface area contributed by atoms with Crippen LogP contribution in [0.1, 0.15) is 39.0 Å². The van der Waals surface area contributed by atoms with E-state index in [1.54, 1.807) is 0 Å². The van der Waals surface area contributed by atoms with Crippen molar-refractivity contribution >= 4 is 12.3 Å². The second kappa shape index (κ2) is 8.41. The molecule has 0 saturated carbocycles. The molecule has 0 fully saturated rings. The zero-order valence-electron chi connectivity index (χ0n) is 9.32. The lowest BCUT2D eigenvalue weighted by Gasteiger charge is -2.19. The highest BCUT2D eigenvalue weighted by molar-refractivity contribution is 5.70. The molecule has 88 valence electrons. The summed E-state index contributed by atoms with van der Waals surface area (Å²) in [6, 6.07) is 0. The molecule has 0 amide bonds. The minimum Gasteiger partial charge on any atom is -0.481 e. The summed E-state index contributed by atoms with van der Waals surface area (Å²) >= 11 is 0. The van der Waals surface area contributed by atoms with Crippen molar-refractivity contribution in [2.45, 2.75) is 39.0 Å². The maximum absolute atomic E-state index is 11.0. The zero-order valence-corrected chi connectivity index (χ0v) is 9.32. The number of hydrogen-bond acceptors (Lipinski definition) is 3. The number of carboxylic acid groups (broad SMARTS) is 1. The van der Waals surface area contributed by atoms with Gasteiger partial charge in [0.2, 0.25) is 0 Å². The first kappa shape index (κ1) is 14.1. The molecule has 2 atom stereocenters. The van der Waals surface area contributed by atoms with Gasteiger partial charge in [0.15, 0.2) is 0 Å². The molecule has 0 spiro atoms. The maximum atomic E-state index is 11.0. The first-order valence-electron chi connectivity index (χ1n) is 5.50. The lowest BCUT2D eigenvalue weighted by molar-refractivity contribution is -0.144. The Morgan fingerprint density at radius 3 is 2.53 bits per heavy atom. The second-order valence-corrected chi connectivity index (χ2v) is 3.95. The Balaban J connectivity index is 4.00. The molecule has 2 unspecified atom stereocenters. The summed E-state index contributed by atoms with van der Waals surface area (Å²) in [4.78, 5) is 21.2. The molecule has 4 nitrogen and oxygen atoms in total. The average molecular weight is 215 g/mol. The summed E-state index contributed by atoms with van der Waals surface area (Å²) in [6.07, 6.45) is 4.32. The van der Waals surface area contributed by atoms with Gasteiger partial charge in [0.1, 0.15) is 6.29 Å². The molecule has 0 rings (SSSR count). The van der Waals surface area contributed by atoms with Crippen LogP contribution in [-0.2, 0) is 9.59 Å². The van der Waals surface area contributed by atoms with E-state index in [0.717, 1.165) is 19.1 Å². The van der Waals surface area contributed by atoms with Crippen LogP contribution in [0.3, 0.4) is 0 Å². The van der Waals surface area contributed by atoms with Crippen molar-refractivity contribution in [3.8, 4) is 0 Å². The molecule has 0 aromatic rings. The Morgan fingerprint density at radius 2 is 2.07 bits per heavy atom. The summed E-state index contributed by atoms with van der Waals surface area (Å²) in [6.45, 7) is 2.50. The van der Waals surface area contributed by atoms with E-state index in [0.29, 0.717) is 25.8 Å². The standard InChI is InChI=1S/C11H21NO3/c1-9(5-4-8-13)10(11(14)15)6-2-3-7-12/h8-10H,2-7,12H2,1H3,(H,14,15). The number of aliphatic carboxylic acids is 1. The Hall–Kier alpha value is -0.900. The molecule has 0 bridgehead atoms. The molecule has 0 aromatic heterocycles. The SMILES string of the molecule is CC(CCC=O)C(CCCCN)C(=O)O. The third-order valence-electron chi connectivity index (χ3n) is 2.71. The number of nitrogens with two attached hydrogens (primary N) is 1. The van der Waals surface area contributed by atoms with Crippen LogP contribution in [0.25, 0.3) is 0 Å². The van der Waals surface area contributed by atoms with Gasteiger partial charge < -0.3 is 15.6 Å². The lowest BCUT2D eigenvalue weighted by atomic mass is 9.86. The van der Waals surface area contributed by atoms with Crippen LogP contribution < -0.4 is 5.73 Å². The van der Waals surface area contributed by atoms with Gasteiger partial charge in [0.05, 0.1) is 5.92 Å².